The Labute approximate surface area is 47.9 Å². The van der Waals surface area contributed by atoms with Crippen LogP contribution in [0.5, 0.6) is 0 Å². The summed E-state index contributed by atoms with van der Waals surface area (Å²) >= 11 is 0. The molecule has 0 aromatic carbocycles. The lowest BCUT2D eigenvalue weighted by Gasteiger charge is -2.15. The zero-order valence-corrected chi connectivity index (χ0v) is 4.59. The zero-order valence-electron chi connectivity index (χ0n) is 4.59. The van der Waals surface area contributed by atoms with Gasteiger partial charge in [-0.05, 0) is 0 Å². The normalized spacial score (nSPS) is 16.2. The van der Waals surface area contributed by atoms with Crippen LogP contribution in [0.2, 0.25) is 0 Å². The molecular weight excluding hydrogens is 108 g/mol. The Morgan fingerprint density at radius 3 is 2.50 bits per heavy atom. The van der Waals surface area contributed by atoms with Gasteiger partial charge in [-0.25, -0.2) is 0 Å². The van der Waals surface area contributed by atoms with Crippen LogP contribution in [0, 0.1) is 12.5 Å². The van der Waals surface area contributed by atoms with Crippen LogP contribution in [0.4, 0.5) is 0 Å². The van der Waals surface area contributed by atoms with Gasteiger partial charge < -0.3 is 14.9 Å². The van der Waals surface area contributed by atoms with Crippen LogP contribution in [-0.4, -0.2) is 22.6 Å². The number of aliphatic hydroxyl groups excluding tert-OH is 1. The summed E-state index contributed by atoms with van der Waals surface area (Å²) in [7, 11) is 0. The van der Waals surface area contributed by atoms with Crippen LogP contribution in [0.1, 0.15) is 6.92 Å². The highest BCUT2D eigenvalue weighted by Crippen LogP contribution is 2.00. The largest absolute Gasteiger partial charge is 0.410 e. The summed E-state index contributed by atoms with van der Waals surface area (Å²) in [6, 6.07) is 0. The van der Waals surface area contributed by atoms with Crippen LogP contribution in [0.15, 0.2) is 0 Å². The van der Waals surface area contributed by atoms with Crippen molar-refractivity contribution in [1.29, 1.82) is 0 Å². The van der Waals surface area contributed by atoms with E-state index in [0.717, 1.165) is 0 Å². The maximum atomic E-state index is 8.71. The molecule has 1 atom stereocenters. The lowest BCUT2D eigenvalue weighted by molar-refractivity contribution is -0.168. The number of aliphatic hydroxyl groups is 2. The van der Waals surface area contributed by atoms with Gasteiger partial charge in [0.25, 0.3) is 0 Å². The van der Waals surface area contributed by atoms with Crippen LogP contribution in [-0.2, 0) is 4.74 Å². The van der Waals surface area contributed by atoms with Gasteiger partial charge in [-0.15, -0.1) is 0 Å². The highest BCUT2D eigenvalue weighted by Gasteiger charge is 2.18. The van der Waals surface area contributed by atoms with Crippen LogP contribution >= 0.6 is 0 Å². The first-order valence-corrected chi connectivity index (χ1v) is 2.09. The third kappa shape index (κ3) is 2.45. The third-order valence-corrected chi connectivity index (χ3v) is 0.572. The highest BCUT2D eigenvalue weighted by molar-refractivity contribution is 4.73. The SMILES string of the molecule is C#COC(C)(O)CO. The Bertz CT molecular complexity index is 101. The van der Waals surface area contributed by atoms with Crippen molar-refractivity contribution in [2.45, 2.75) is 12.7 Å². The van der Waals surface area contributed by atoms with E-state index < -0.39 is 12.4 Å². The van der Waals surface area contributed by atoms with E-state index in [1.54, 1.807) is 6.11 Å². The molecule has 3 nitrogen and oxygen atoms in total. The van der Waals surface area contributed by atoms with Crippen molar-refractivity contribution in [3.05, 3.63) is 0 Å². The Kier molecular flexibility index (Phi) is 2.32. The first-order valence-electron chi connectivity index (χ1n) is 2.09. The fraction of sp³-hybridized carbons (Fsp3) is 0.600. The molecule has 3 heteroatoms. The molecule has 0 aliphatic carbocycles. The minimum Gasteiger partial charge on any atom is -0.410 e. The van der Waals surface area contributed by atoms with Crippen LogP contribution in [0.3, 0.4) is 0 Å². The van der Waals surface area contributed by atoms with Crippen molar-refractivity contribution < 1.29 is 14.9 Å². The van der Waals surface area contributed by atoms with Gasteiger partial charge in [0, 0.05) is 6.92 Å². The summed E-state index contributed by atoms with van der Waals surface area (Å²) in [5.74, 6) is -1.59. The molecule has 0 heterocycles. The smallest absolute Gasteiger partial charge is 0.238 e. The van der Waals surface area contributed by atoms with E-state index in [4.69, 9.17) is 10.2 Å². The van der Waals surface area contributed by atoms with Crippen LogP contribution < -0.4 is 0 Å². The van der Waals surface area contributed by atoms with Crippen molar-refractivity contribution in [3.63, 3.8) is 0 Å². The lowest BCUT2D eigenvalue weighted by Crippen LogP contribution is -2.30. The Morgan fingerprint density at radius 2 is 2.38 bits per heavy atom. The Balaban J connectivity index is 3.58. The first kappa shape index (κ1) is 7.28. The molecule has 0 fully saturated rings. The van der Waals surface area contributed by atoms with Gasteiger partial charge in [-0.3, -0.25) is 0 Å². The molecule has 0 aliphatic heterocycles. The average Bonchev–Trinajstić information content (AvgIpc) is 1.67. The van der Waals surface area contributed by atoms with Gasteiger partial charge in [0.05, 0.1) is 0 Å². The molecule has 0 saturated heterocycles. The fourth-order valence-corrected chi connectivity index (χ4v) is 0.159. The van der Waals surface area contributed by atoms with E-state index in [1.165, 1.54) is 6.92 Å². The minimum atomic E-state index is -1.59. The quantitative estimate of drug-likeness (QED) is 0.370. The second-order valence-electron chi connectivity index (χ2n) is 1.55. The average molecular weight is 116 g/mol. The monoisotopic (exact) mass is 116 g/mol. The molecule has 0 aromatic heterocycles. The van der Waals surface area contributed by atoms with Gasteiger partial charge in [-0.1, -0.05) is 6.42 Å². The standard InChI is InChI=1S/C5H8O3/c1-3-8-5(2,7)4-6/h1,6-7H,4H2,2H3. The number of rotatable bonds is 2. The first-order chi connectivity index (χ1) is 3.62. The molecule has 0 saturated carbocycles. The van der Waals surface area contributed by atoms with Crippen molar-refractivity contribution in [2.24, 2.45) is 0 Å². The lowest BCUT2D eigenvalue weighted by atomic mass is 10.4. The predicted molar refractivity (Wildman–Crippen MR) is 27.6 cm³/mol. The fourth-order valence-electron chi connectivity index (χ4n) is 0.159. The summed E-state index contributed by atoms with van der Waals surface area (Å²) in [5, 5.41) is 17.0. The molecule has 0 amide bonds. The second-order valence-corrected chi connectivity index (χ2v) is 1.55. The molecule has 1 unspecified atom stereocenters. The minimum absolute atomic E-state index is 0.503. The molecule has 0 bridgehead atoms. The van der Waals surface area contributed by atoms with E-state index in [0.29, 0.717) is 0 Å². The molecular formula is C5H8O3. The number of ether oxygens (including phenoxy) is 1. The zero-order chi connectivity index (χ0) is 6.62. The van der Waals surface area contributed by atoms with Gasteiger partial charge in [0.15, 0.2) is 0 Å². The van der Waals surface area contributed by atoms with Crippen molar-refractivity contribution in [2.75, 3.05) is 6.61 Å². The van der Waals surface area contributed by atoms with Gasteiger partial charge in [0.2, 0.25) is 5.79 Å². The van der Waals surface area contributed by atoms with Gasteiger partial charge in [-0.2, -0.15) is 0 Å². The third-order valence-electron chi connectivity index (χ3n) is 0.572. The summed E-state index contributed by atoms with van der Waals surface area (Å²) in [6.07, 6.45) is 6.40. The van der Waals surface area contributed by atoms with E-state index in [2.05, 4.69) is 11.2 Å². The maximum Gasteiger partial charge on any atom is 0.238 e. The van der Waals surface area contributed by atoms with Crippen molar-refractivity contribution in [3.8, 4) is 12.5 Å². The molecule has 0 aliphatic rings. The molecule has 0 radical (unpaired) electrons. The molecule has 46 valence electrons. The van der Waals surface area contributed by atoms with E-state index in [9.17, 15) is 0 Å². The summed E-state index contributed by atoms with van der Waals surface area (Å²) < 4.78 is 4.21. The van der Waals surface area contributed by atoms with E-state index in [-0.39, 0.29) is 0 Å². The molecule has 0 spiro atoms. The predicted octanol–water partition coefficient (Wildman–Crippen LogP) is -0.706. The van der Waals surface area contributed by atoms with E-state index >= 15 is 0 Å². The van der Waals surface area contributed by atoms with Crippen LogP contribution in [0.25, 0.3) is 0 Å². The van der Waals surface area contributed by atoms with Gasteiger partial charge in [0.1, 0.15) is 12.7 Å². The molecule has 8 heavy (non-hydrogen) atoms. The maximum absolute atomic E-state index is 8.71. The molecule has 2 N–H and O–H groups in total. The summed E-state index contributed by atoms with van der Waals surface area (Å²) in [5.41, 5.74) is 0. The molecule has 0 rings (SSSR count). The topological polar surface area (TPSA) is 49.7 Å². The Hall–Kier alpha value is -0.720. The Morgan fingerprint density at radius 1 is 1.88 bits per heavy atom. The van der Waals surface area contributed by atoms with Crippen molar-refractivity contribution in [1.82, 2.24) is 0 Å². The van der Waals surface area contributed by atoms with Gasteiger partial charge >= 0.3 is 0 Å². The van der Waals surface area contributed by atoms with E-state index in [1.807, 2.05) is 0 Å². The second kappa shape index (κ2) is 2.55. The number of terminal acetylenes is 1. The molecule has 0 aromatic rings. The summed E-state index contributed by atoms with van der Waals surface area (Å²) in [4.78, 5) is 0. The number of hydrogen-bond acceptors (Lipinski definition) is 3. The van der Waals surface area contributed by atoms with Crippen molar-refractivity contribution >= 4 is 0 Å². The highest BCUT2D eigenvalue weighted by atomic mass is 16.6. The number of hydrogen-bond donors (Lipinski definition) is 2. The summed E-state index contributed by atoms with van der Waals surface area (Å²) in [6.45, 7) is 0.768.